The number of unbranched alkanes of at least 4 members (excludes halogenated alkanes) is 1. The lowest BCUT2D eigenvalue weighted by atomic mass is 10.1. The van der Waals surface area contributed by atoms with E-state index in [0.717, 1.165) is 25.0 Å². The Labute approximate surface area is 119 Å². The van der Waals surface area contributed by atoms with Gasteiger partial charge in [0.2, 0.25) is 11.8 Å². The normalized spacial score (nSPS) is 11.8. The van der Waals surface area contributed by atoms with Crippen LogP contribution in [0.4, 0.5) is 13.2 Å². The van der Waals surface area contributed by atoms with Crippen molar-refractivity contribution in [2.24, 2.45) is 0 Å². The highest BCUT2D eigenvalue weighted by molar-refractivity contribution is 5.53. The summed E-state index contributed by atoms with van der Waals surface area (Å²) in [6.07, 6.45) is -2.38. The Bertz CT molecular complexity index is 564. The van der Waals surface area contributed by atoms with E-state index in [1.807, 2.05) is 0 Å². The van der Waals surface area contributed by atoms with Crippen molar-refractivity contribution in [1.82, 2.24) is 10.2 Å². The zero-order valence-electron chi connectivity index (χ0n) is 11.5. The molecule has 0 saturated carbocycles. The maximum Gasteiger partial charge on any atom is 0.416 e. The number of alkyl halides is 3. The first-order chi connectivity index (χ1) is 10.0. The van der Waals surface area contributed by atoms with Crippen molar-refractivity contribution in [3.8, 4) is 11.5 Å². The van der Waals surface area contributed by atoms with E-state index < -0.39 is 11.7 Å². The standard InChI is InChI=1S/C14H15F3N2O2/c1-2-3-8-20-9-12-18-19-13(21-12)10-4-6-11(7-5-10)14(15,16)17/h4-7H,2-3,8-9H2,1H3. The number of benzene rings is 1. The third-order valence-corrected chi connectivity index (χ3v) is 2.79. The van der Waals surface area contributed by atoms with Crippen molar-refractivity contribution in [2.75, 3.05) is 6.61 Å². The van der Waals surface area contributed by atoms with Gasteiger partial charge in [0, 0.05) is 12.2 Å². The van der Waals surface area contributed by atoms with Crippen molar-refractivity contribution in [3.05, 3.63) is 35.7 Å². The molecule has 0 fully saturated rings. The molecular weight excluding hydrogens is 285 g/mol. The lowest BCUT2D eigenvalue weighted by Crippen LogP contribution is -2.03. The zero-order chi connectivity index (χ0) is 15.3. The summed E-state index contributed by atoms with van der Waals surface area (Å²) in [5, 5.41) is 7.60. The molecule has 0 atom stereocenters. The molecule has 0 spiro atoms. The van der Waals surface area contributed by atoms with E-state index in [0.29, 0.717) is 18.1 Å². The molecular formula is C14H15F3N2O2. The van der Waals surface area contributed by atoms with Crippen LogP contribution >= 0.6 is 0 Å². The average molecular weight is 300 g/mol. The molecule has 21 heavy (non-hydrogen) atoms. The summed E-state index contributed by atoms with van der Waals surface area (Å²) in [7, 11) is 0. The zero-order valence-corrected chi connectivity index (χ0v) is 11.5. The number of halogens is 3. The van der Waals surface area contributed by atoms with E-state index in [2.05, 4.69) is 17.1 Å². The molecule has 0 saturated heterocycles. The molecule has 1 aromatic heterocycles. The van der Waals surface area contributed by atoms with Crippen LogP contribution in [-0.4, -0.2) is 16.8 Å². The number of ether oxygens (including phenoxy) is 1. The second-order valence-corrected chi connectivity index (χ2v) is 4.48. The molecule has 114 valence electrons. The number of hydrogen-bond acceptors (Lipinski definition) is 4. The van der Waals surface area contributed by atoms with Crippen molar-refractivity contribution in [2.45, 2.75) is 32.5 Å². The van der Waals surface area contributed by atoms with Gasteiger partial charge < -0.3 is 9.15 Å². The predicted octanol–water partition coefficient (Wildman–Crippen LogP) is 4.07. The molecule has 2 rings (SSSR count). The summed E-state index contributed by atoms with van der Waals surface area (Å²) in [5.41, 5.74) is -0.274. The quantitative estimate of drug-likeness (QED) is 0.754. The second kappa shape index (κ2) is 6.71. The van der Waals surface area contributed by atoms with Crippen LogP contribution in [-0.2, 0) is 17.5 Å². The molecule has 0 aliphatic heterocycles. The summed E-state index contributed by atoms with van der Waals surface area (Å²) >= 11 is 0. The van der Waals surface area contributed by atoms with Crippen molar-refractivity contribution < 1.29 is 22.3 Å². The minimum Gasteiger partial charge on any atom is -0.418 e. The van der Waals surface area contributed by atoms with Gasteiger partial charge in [-0.2, -0.15) is 13.2 Å². The molecule has 7 heteroatoms. The van der Waals surface area contributed by atoms with Gasteiger partial charge in [0.1, 0.15) is 6.61 Å². The molecule has 0 amide bonds. The fourth-order valence-corrected chi connectivity index (χ4v) is 1.64. The Balaban J connectivity index is 2.00. The van der Waals surface area contributed by atoms with E-state index in [9.17, 15) is 13.2 Å². The van der Waals surface area contributed by atoms with Crippen molar-refractivity contribution >= 4 is 0 Å². The molecule has 0 aliphatic carbocycles. The van der Waals surface area contributed by atoms with E-state index in [-0.39, 0.29) is 12.5 Å². The Kier molecular flexibility index (Phi) is 4.95. The Morgan fingerprint density at radius 2 is 1.86 bits per heavy atom. The molecule has 0 N–H and O–H groups in total. The van der Waals surface area contributed by atoms with Crippen LogP contribution in [0.25, 0.3) is 11.5 Å². The Morgan fingerprint density at radius 3 is 2.48 bits per heavy atom. The highest BCUT2D eigenvalue weighted by atomic mass is 19.4. The minimum atomic E-state index is -4.36. The van der Waals surface area contributed by atoms with Gasteiger partial charge in [-0.05, 0) is 30.7 Å². The highest BCUT2D eigenvalue weighted by Gasteiger charge is 2.30. The smallest absolute Gasteiger partial charge is 0.416 e. The highest BCUT2D eigenvalue weighted by Crippen LogP contribution is 2.30. The lowest BCUT2D eigenvalue weighted by Gasteiger charge is -2.05. The fraction of sp³-hybridized carbons (Fsp3) is 0.429. The van der Waals surface area contributed by atoms with Crippen LogP contribution in [0.3, 0.4) is 0 Å². The van der Waals surface area contributed by atoms with Crippen LogP contribution in [0.1, 0.15) is 31.2 Å². The third-order valence-electron chi connectivity index (χ3n) is 2.79. The number of hydrogen-bond donors (Lipinski definition) is 0. The fourth-order valence-electron chi connectivity index (χ4n) is 1.64. The summed E-state index contributed by atoms with van der Waals surface area (Å²) in [4.78, 5) is 0. The van der Waals surface area contributed by atoms with E-state index in [1.54, 1.807) is 0 Å². The molecule has 0 bridgehead atoms. The van der Waals surface area contributed by atoms with Gasteiger partial charge in [0.25, 0.3) is 0 Å². The number of rotatable bonds is 6. The first-order valence-electron chi connectivity index (χ1n) is 6.58. The number of aromatic nitrogens is 2. The van der Waals surface area contributed by atoms with Gasteiger partial charge in [-0.25, -0.2) is 0 Å². The topological polar surface area (TPSA) is 48.2 Å². The Hall–Kier alpha value is -1.89. The summed E-state index contributed by atoms with van der Waals surface area (Å²) in [6.45, 7) is 2.86. The predicted molar refractivity (Wildman–Crippen MR) is 69.3 cm³/mol. The maximum atomic E-state index is 12.5. The van der Waals surface area contributed by atoms with Gasteiger partial charge in [-0.15, -0.1) is 10.2 Å². The molecule has 2 aromatic rings. The number of nitrogens with zero attached hydrogens (tertiary/aromatic N) is 2. The molecule has 1 heterocycles. The molecule has 0 unspecified atom stereocenters. The second-order valence-electron chi connectivity index (χ2n) is 4.48. The molecule has 1 aromatic carbocycles. The van der Waals surface area contributed by atoms with Gasteiger partial charge in [0.15, 0.2) is 0 Å². The van der Waals surface area contributed by atoms with Crippen LogP contribution in [0.15, 0.2) is 28.7 Å². The average Bonchev–Trinajstić information content (AvgIpc) is 2.92. The monoisotopic (exact) mass is 300 g/mol. The van der Waals surface area contributed by atoms with Crippen molar-refractivity contribution in [3.63, 3.8) is 0 Å². The van der Waals surface area contributed by atoms with E-state index in [4.69, 9.17) is 9.15 Å². The van der Waals surface area contributed by atoms with E-state index in [1.165, 1.54) is 12.1 Å². The first kappa shape index (κ1) is 15.5. The first-order valence-corrected chi connectivity index (χ1v) is 6.58. The van der Waals surface area contributed by atoms with Gasteiger partial charge >= 0.3 is 6.18 Å². The summed E-state index contributed by atoms with van der Waals surface area (Å²) in [5.74, 6) is 0.485. The summed E-state index contributed by atoms with van der Waals surface area (Å²) in [6, 6.07) is 4.57. The maximum absolute atomic E-state index is 12.5. The Morgan fingerprint density at radius 1 is 1.14 bits per heavy atom. The largest absolute Gasteiger partial charge is 0.418 e. The van der Waals surface area contributed by atoms with Crippen LogP contribution in [0, 0.1) is 0 Å². The van der Waals surface area contributed by atoms with Gasteiger partial charge in [0.05, 0.1) is 5.56 Å². The van der Waals surface area contributed by atoms with Crippen LogP contribution < -0.4 is 0 Å². The third kappa shape index (κ3) is 4.29. The van der Waals surface area contributed by atoms with E-state index >= 15 is 0 Å². The van der Waals surface area contributed by atoms with Gasteiger partial charge in [-0.3, -0.25) is 0 Å². The van der Waals surface area contributed by atoms with Crippen LogP contribution in [0.5, 0.6) is 0 Å². The molecule has 0 radical (unpaired) electrons. The van der Waals surface area contributed by atoms with Crippen LogP contribution in [0.2, 0.25) is 0 Å². The molecule has 4 nitrogen and oxygen atoms in total. The SMILES string of the molecule is CCCCOCc1nnc(-c2ccc(C(F)(F)F)cc2)o1. The van der Waals surface area contributed by atoms with Crippen molar-refractivity contribution in [1.29, 1.82) is 0 Å². The van der Waals surface area contributed by atoms with Gasteiger partial charge in [-0.1, -0.05) is 13.3 Å². The minimum absolute atomic E-state index is 0.179. The summed E-state index contributed by atoms with van der Waals surface area (Å²) < 4.78 is 48.1. The lowest BCUT2D eigenvalue weighted by molar-refractivity contribution is -0.137. The molecule has 0 aliphatic rings.